The third-order valence-corrected chi connectivity index (χ3v) is 5.86. The lowest BCUT2D eigenvalue weighted by atomic mass is 9.76. The van der Waals surface area contributed by atoms with Crippen molar-refractivity contribution in [2.24, 2.45) is 5.92 Å². The highest BCUT2D eigenvalue weighted by molar-refractivity contribution is 7.11. The van der Waals surface area contributed by atoms with E-state index in [4.69, 9.17) is 4.98 Å². The maximum Gasteiger partial charge on any atom is 0.113 e. The van der Waals surface area contributed by atoms with Gasteiger partial charge in [0.05, 0.1) is 11.2 Å². The van der Waals surface area contributed by atoms with Crippen molar-refractivity contribution in [3.63, 3.8) is 0 Å². The summed E-state index contributed by atoms with van der Waals surface area (Å²) in [6.07, 6.45) is 7.91. The molecule has 1 N–H and O–H groups in total. The van der Waals surface area contributed by atoms with Crippen LogP contribution in [-0.2, 0) is 12.0 Å². The van der Waals surface area contributed by atoms with Crippen molar-refractivity contribution in [1.82, 2.24) is 10.3 Å². The summed E-state index contributed by atoms with van der Waals surface area (Å²) in [4.78, 5) is 6.30. The zero-order valence-corrected chi connectivity index (χ0v) is 13.0. The van der Waals surface area contributed by atoms with Crippen LogP contribution in [0.2, 0.25) is 0 Å². The molecule has 0 aliphatic heterocycles. The Hall–Kier alpha value is -0.410. The quantitative estimate of drug-likeness (QED) is 0.890. The Morgan fingerprint density at radius 3 is 2.50 bits per heavy atom. The molecular formula is C15H26N2S. The van der Waals surface area contributed by atoms with Crippen LogP contribution in [0.15, 0.2) is 0 Å². The summed E-state index contributed by atoms with van der Waals surface area (Å²) in [6.45, 7) is 6.75. The molecule has 0 spiro atoms. The number of rotatable bonds is 4. The van der Waals surface area contributed by atoms with Crippen molar-refractivity contribution in [1.29, 1.82) is 0 Å². The Balaban J connectivity index is 2.29. The van der Waals surface area contributed by atoms with Crippen LogP contribution in [0.4, 0.5) is 0 Å². The summed E-state index contributed by atoms with van der Waals surface area (Å²) in [7, 11) is 2.09. The van der Waals surface area contributed by atoms with Gasteiger partial charge in [0, 0.05) is 4.88 Å². The van der Waals surface area contributed by atoms with Gasteiger partial charge in [-0.3, -0.25) is 0 Å². The molecule has 1 aliphatic carbocycles. The monoisotopic (exact) mass is 266 g/mol. The van der Waals surface area contributed by atoms with Gasteiger partial charge >= 0.3 is 0 Å². The van der Waals surface area contributed by atoms with Crippen LogP contribution >= 0.6 is 11.3 Å². The van der Waals surface area contributed by atoms with Gasteiger partial charge in [-0.2, -0.15) is 0 Å². The Morgan fingerprint density at radius 1 is 1.33 bits per heavy atom. The number of aromatic nitrogens is 1. The van der Waals surface area contributed by atoms with Gasteiger partial charge in [-0.25, -0.2) is 4.98 Å². The van der Waals surface area contributed by atoms with E-state index in [9.17, 15) is 0 Å². The summed E-state index contributed by atoms with van der Waals surface area (Å²) >= 11 is 1.89. The fraction of sp³-hybridized carbons (Fsp3) is 0.800. The number of nitrogens with one attached hydrogen (secondary N) is 1. The summed E-state index contributed by atoms with van der Waals surface area (Å²) in [5.41, 5.74) is 1.36. The van der Waals surface area contributed by atoms with E-state index in [0.29, 0.717) is 0 Å². The second-order valence-electron chi connectivity index (χ2n) is 5.66. The Bertz CT molecular complexity index is 393. The molecular weight excluding hydrogens is 240 g/mol. The number of hydrogen-bond donors (Lipinski definition) is 1. The van der Waals surface area contributed by atoms with Crippen LogP contribution in [0.3, 0.4) is 0 Å². The van der Waals surface area contributed by atoms with Crippen molar-refractivity contribution >= 4 is 11.3 Å². The average molecular weight is 266 g/mol. The molecule has 1 unspecified atom stereocenters. The first-order valence-corrected chi connectivity index (χ1v) is 8.09. The van der Waals surface area contributed by atoms with Gasteiger partial charge in [-0.05, 0) is 46.1 Å². The predicted octanol–water partition coefficient (Wildman–Crippen LogP) is 4.03. The summed E-state index contributed by atoms with van der Waals surface area (Å²) in [6, 6.07) is 0. The van der Waals surface area contributed by atoms with Crippen molar-refractivity contribution in [2.45, 2.75) is 64.8 Å². The standard InChI is InChI=1S/C15H26N2S/c1-5-13-11(2)18-14(17-13)15(3,16-4)12-9-7-6-8-10-12/h12,16H,5-10H2,1-4H3. The van der Waals surface area contributed by atoms with Crippen LogP contribution in [-0.4, -0.2) is 12.0 Å². The van der Waals surface area contributed by atoms with Gasteiger partial charge in [0.25, 0.3) is 0 Å². The van der Waals surface area contributed by atoms with Crippen molar-refractivity contribution in [3.8, 4) is 0 Å². The summed E-state index contributed by atoms with van der Waals surface area (Å²) < 4.78 is 0. The molecule has 1 heterocycles. The molecule has 1 aliphatic rings. The molecule has 0 radical (unpaired) electrons. The molecule has 2 rings (SSSR count). The maximum atomic E-state index is 4.90. The van der Waals surface area contributed by atoms with E-state index in [1.807, 2.05) is 11.3 Å². The molecule has 1 fully saturated rings. The zero-order valence-electron chi connectivity index (χ0n) is 12.2. The van der Waals surface area contributed by atoms with E-state index < -0.39 is 0 Å². The fourth-order valence-electron chi connectivity index (χ4n) is 3.14. The minimum Gasteiger partial charge on any atom is -0.308 e. The second kappa shape index (κ2) is 5.70. The zero-order chi connectivity index (χ0) is 13.2. The van der Waals surface area contributed by atoms with Gasteiger partial charge in [0.1, 0.15) is 5.01 Å². The molecule has 102 valence electrons. The van der Waals surface area contributed by atoms with Crippen LogP contribution < -0.4 is 5.32 Å². The molecule has 1 atom stereocenters. The Morgan fingerprint density at radius 2 is 2.00 bits per heavy atom. The highest BCUT2D eigenvalue weighted by atomic mass is 32.1. The van der Waals surface area contributed by atoms with Gasteiger partial charge in [0.2, 0.25) is 0 Å². The van der Waals surface area contributed by atoms with Crippen molar-refractivity contribution in [3.05, 3.63) is 15.6 Å². The third kappa shape index (κ3) is 2.48. The first kappa shape index (κ1) is 14.0. The minimum absolute atomic E-state index is 0.0727. The van der Waals surface area contributed by atoms with E-state index in [0.717, 1.165) is 12.3 Å². The Labute approximate surface area is 115 Å². The number of nitrogens with zero attached hydrogens (tertiary/aromatic N) is 1. The van der Waals surface area contributed by atoms with E-state index in [-0.39, 0.29) is 5.54 Å². The highest BCUT2D eigenvalue weighted by Crippen LogP contribution is 2.40. The van der Waals surface area contributed by atoms with Gasteiger partial charge < -0.3 is 5.32 Å². The van der Waals surface area contributed by atoms with E-state index in [1.54, 1.807) is 0 Å². The van der Waals surface area contributed by atoms with Gasteiger partial charge in [-0.1, -0.05) is 26.2 Å². The van der Waals surface area contributed by atoms with Crippen LogP contribution in [0.25, 0.3) is 0 Å². The smallest absolute Gasteiger partial charge is 0.113 e. The second-order valence-corrected chi connectivity index (χ2v) is 6.87. The summed E-state index contributed by atoms with van der Waals surface area (Å²) in [5, 5.41) is 4.87. The predicted molar refractivity (Wildman–Crippen MR) is 79.2 cm³/mol. The molecule has 0 saturated heterocycles. The number of aryl methyl sites for hydroxylation is 2. The van der Waals surface area contributed by atoms with Crippen LogP contribution in [0, 0.1) is 12.8 Å². The average Bonchev–Trinajstić information content (AvgIpc) is 2.80. The lowest BCUT2D eigenvalue weighted by Crippen LogP contribution is -2.44. The number of hydrogen-bond acceptors (Lipinski definition) is 3. The van der Waals surface area contributed by atoms with E-state index in [2.05, 4.69) is 33.1 Å². The van der Waals surface area contributed by atoms with Crippen LogP contribution in [0.5, 0.6) is 0 Å². The maximum absolute atomic E-state index is 4.90. The lowest BCUT2D eigenvalue weighted by Gasteiger charge is -2.38. The molecule has 0 aromatic carbocycles. The van der Waals surface area contributed by atoms with Crippen molar-refractivity contribution < 1.29 is 0 Å². The van der Waals surface area contributed by atoms with E-state index in [1.165, 1.54) is 47.7 Å². The highest BCUT2D eigenvalue weighted by Gasteiger charge is 2.37. The molecule has 1 aromatic heterocycles. The molecule has 1 aromatic rings. The normalized spacial score (nSPS) is 20.9. The number of thiazole rings is 1. The third-order valence-electron chi connectivity index (χ3n) is 4.61. The molecule has 2 nitrogen and oxygen atoms in total. The molecule has 1 saturated carbocycles. The summed E-state index contributed by atoms with van der Waals surface area (Å²) in [5.74, 6) is 0.742. The first-order valence-electron chi connectivity index (χ1n) is 7.27. The Kier molecular flexibility index (Phi) is 4.44. The minimum atomic E-state index is 0.0727. The largest absolute Gasteiger partial charge is 0.308 e. The van der Waals surface area contributed by atoms with E-state index >= 15 is 0 Å². The lowest BCUT2D eigenvalue weighted by molar-refractivity contribution is 0.187. The topological polar surface area (TPSA) is 24.9 Å². The van der Waals surface area contributed by atoms with Gasteiger partial charge in [-0.15, -0.1) is 11.3 Å². The first-order chi connectivity index (χ1) is 8.61. The molecule has 0 amide bonds. The SMILES string of the molecule is CCc1nc(C(C)(NC)C2CCCCC2)sc1C. The van der Waals surface area contributed by atoms with Crippen LogP contribution in [0.1, 0.15) is 61.5 Å². The molecule has 18 heavy (non-hydrogen) atoms. The van der Waals surface area contributed by atoms with Crippen molar-refractivity contribution in [2.75, 3.05) is 7.05 Å². The molecule has 3 heteroatoms. The molecule has 0 bridgehead atoms. The fourth-order valence-corrected chi connectivity index (χ4v) is 4.38. The van der Waals surface area contributed by atoms with Gasteiger partial charge in [0.15, 0.2) is 0 Å².